The quantitative estimate of drug-likeness (QED) is 0.583. The van der Waals surface area contributed by atoms with E-state index < -0.39 is 0 Å². The Morgan fingerprint density at radius 1 is 0.880 bits per heavy atom. The number of aromatic amines is 1. The molecule has 1 heterocycles. The maximum Gasteiger partial charge on any atom is 0.258 e. The standard InChI is InChI=1S/C21H17N3O/c25-20(24-21-22-18-12-6-7-13-19(18)23-21)17-11-5-4-10-16(17)14-15-8-2-1-3-9-15/h1-13H,14H2,(H2,22,23,24,25). The third kappa shape index (κ3) is 3.28. The van der Waals surface area contributed by atoms with Crippen molar-refractivity contribution >= 4 is 22.9 Å². The summed E-state index contributed by atoms with van der Waals surface area (Å²) < 4.78 is 0. The number of rotatable bonds is 4. The predicted octanol–water partition coefficient (Wildman–Crippen LogP) is 4.41. The van der Waals surface area contributed by atoms with Crippen molar-refractivity contribution in [2.24, 2.45) is 0 Å². The highest BCUT2D eigenvalue weighted by atomic mass is 16.1. The highest BCUT2D eigenvalue weighted by Crippen LogP contribution is 2.17. The Balaban J connectivity index is 1.59. The Kier molecular flexibility index (Phi) is 4.01. The molecule has 4 rings (SSSR count). The van der Waals surface area contributed by atoms with Gasteiger partial charge in [0, 0.05) is 5.56 Å². The van der Waals surface area contributed by atoms with Crippen molar-refractivity contribution in [2.45, 2.75) is 6.42 Å². The molecule has 0 saturated carbocycles. The summed E-state index contributed by atoms with van der Waals surface area (Å²) in [6, 6.07) is 25.5. The fourth-order valence-corrected chi connectivity index (χ4v) is 2.90. The van der Waals surface area contributed by atoms with E-state index in [4.69, 9.17) is 0 Å². The first kappa shape index (κ1) is 15.1. The average molecular weight is 327 g/mol. The first-order valence-corrected chi connectivity index (χ1v) is 8.17. The van der Waals surface area contributed by atoms with Crippen LogP contribution in [0.4, 0.5) is 5.95 Å². The number of nitrogens with one attached hydrogen (secondary N) is 2. The van der Waals surface area contributed by atoms with Gasteiger partial charge in [0.05, 0.1) is 11.0 Å². The van der Waals surface area contributed by atoms with Crippen LogP contribution in [0.3, 0.4) is 0 Å². The zero-order chi connectivity index (χ0) is 17.1. The van der Waals surface area contributed by atoms with Crippen LogP contribution in [0.2, 0.25) is 0 Å². The largest absolute Gasteiger partial charge is 0.324 e. The van der Waals surface area contributed by atoms with Crippen LogP contribution < -0.4 is 5.32 Å². The van der Waals surface area contributed by atoms with Crippen molar-refractivity contribution in [3.63, 3.8) is 0 Å². The van der Waals surface area contributed by atoms with E-state index in [1.54, 1.807) is 0 Å². The minimum Gasteiger partial charge on any atom is -0.324 e. The summed E-state index contributed by atoms with van der Waals surface area (Å²) in [6.07, 6.45) is 0.713. The lowest BCUT2D eigenvalue weighted by atomic mass is 9.99. The van der Waals surface area contributed by atoms with Gasteiger partial charge < -0.3 is 4.98 Å². The van der Waals surface area contributed by atoms with Crippen LogP contribution in [-0.2, 0) is 6.42 Å². The molecule has 4 nitrogen and oxygen atoms in total. The summed E-state index contributed by atoms with van der Waals surface area (Å²) in [5.41, 5.74) is 4.55. The van der Waals surface area contributed by atoms with Crippen molar-refractivity contribution < 1.29 is 4.79 Å². The van der Waals surface area contributed by atoms with E-state index in [2.05, 4.69) is 27.4 Å². The van der Waals surface area contributed by atoms with Crippen LogP contribution in [0.5, 0.6) is 0 Å². The number of hydrogen-bond acceptors (Lipinski definition) is 2. The van der Waals surface area contributed by atoms with E-state index >= 15 is 0 Å². The number of carbonyl (C=O) groups is 1. The number of H-pyrrole nitrogens is 1. The number of imidazole rings is 1. The molecule has 4 heteroatoms. The van der Waals surface area contributed by atoms with E-state index in [1.807, 2.05) is 66.7 Å². The van der Waals surface area contributed by atoms with Crippen LogP contribution >= 0.6 is 0 Å². The maximum absolute atomic E-state index is 12.7. The van der Waals surface area contributed by atoms with E-state index in [-0.39, 0.29) is 5.91 Å². The van der Waals surface area contributed by atoms with E-state index in [1.165, 1.54) is 5.56 Å². The van der Waals surface area contributed by atoms with Gasteiger partial charge in [-0.2, -0.15) is 0 Å². The van der Waals surface area contributed by atoms with Crippen LogP contribution in [0.1, 0.15) is 21.5 Å². The molecule has 0 atom stereocenters. The smallest absolute Gasteiger partial charge is 0.258 e. The molecule has 4 aromatic rings. The topological polar surface area (TPSA) is 57.8 Å². The third-order valence-corrected chi connectivity index (χ3v) is 4.12. The predicted molar refractivity (Wildman–Crippen MR) is 99.7 cm³/mol. The number of carbonyl (C=O) groups excluding carboxylic acids is 1. The van der Waals surface area contributed by atoms with Gasteiger partial charge in [-0.25, -0.2) is 4.98 Å². The minimum absolute atomic E-state index is 0.161. The molecule has 0 spiro atoms. The number of aromatic nitrogens is 2. The highest BCUT2D eigenvalue weighted by molar-refractivity contribution is 6.05. The van der Waals surface area contributed by atoms with Gasteiger partial charge in [-0.3, -0.25) is 10.1 Å². The number of fused-ring (bicyclic) bond motifs is 1. The summed E-state index contributed by atoms with van der Waals surface area (Å²) >= 11 is 0. The second kappa shape index (κ2) is 6.61. The monoisotopic (exact) mass is 327 g/mol. The molecule has 0 unspecified atom stereocenters. The summed E-state index contributed by atoms with van der Waals surface area (Å²) in [5, 5.41) is 2.87. The van der Waals surface area contributed by atoms with E-state index in [0.29, 0.717) is 17.9 Å². The number of benzene rings is 3. The SMILES string of the molecule is O=C(Nc1nc2ccccc2[nH]1)c1ccccc1Cc1ccccc1. The first-order chi connectivity index (χ1) is 12.3. The normalized spacial score (nSPS) is 10.7. The average Bonchev–Trinajstić information content (AvgIpc) is 3.05. The molecule has 25 heavy (non-hydrogen) atoms. The maximum atomic E-state index is 12.7. The summed E-state index contributed by atoms with van der Waals surface area (Å²) in [4.78, 5) is 20.3. The van der Waals surface area contributed by atoms with Crippen molar-refractivity contribution in [3.8, 4) is 0 Å². The lowest BCUT2D eigenvalue weighted by Gasteiger charge is -2.09. The molecule has 0 fully saturated rings. The minimum atomic E-state index is -0.161. The molecule has 3 aromatic carbocycles. The third-order valence-electron chi connectivity index (χ3n) is 4.12. The van der Waals surface area contributed by atoms with Gasteiger partial charge >= 0.3 is 0 Å². The number of hydrogen-bond donors (Lipinski definition) is 2. The molecule has 0 aliphatic carbocycles. The van der Waals surface area contributed by atoms with Crippen molar-refractivity contribution in [1.29, 1.82) is 0 Å². The second-order valence-electron chi connectivity index (χ2n) is 5.88. The van der Waals surface area contributed by atoms with Crippen LogP contribution in [0, 0.1) is 0 Å². The zero-order valence-electron chi connectivity index (χ0n) is 13.6. The summed E-state index contributed by atoms with van der Waals surface area (Å²) in [5.74, 6) is 0.298. The molecule has 122 valence electrons. The lowest BCUT2D eigenvalue weighted by molar-refractivity contribution is 0.102. The Morgan fingerprint density at radius 2 is 1.60 bits per heavy atom. The fourth-order valence-electron chi connectivity index (χ4n) is 2.90. The summed E-state index contributed by atoms with van der Waals surface area (Å²) in [6.45, 7) is 0. The Morgan fingerprint density at radius 3 is 2.44 bits per heavy atom. The van der Waals surface area contributed by atoms with Crippen LogP contribution in [0.25, 0.3) is 11.0 Å². The zero-order valence-corrected chi connectivity index (χ0v) is 13.6. The lowest BCUT2D eigenvalue weighted by Crippen LogP contribution is -2.15. The number of para-hydroxylation sites is 2. The molecule has 0 radical (unpaired) electrons. The Labute approximate surface area is 145 Å². The van der Waals surface area contributed by atoms with Gasteiger partial charge in [-0.15, -0.1) is 0 Å². The van der Waals surface area contributed by atoms with Crippen molar-refractivity contribution in [1.82, 2.24) is 9.97 Å². The highest BCUT2D eigenvalue weighted by Gasteiger charge is 2.13. The van der Waals surface area contributed by atoms with Crippen molar-refractivity contribution in [2.75, 3.05) is 5.32 Å². The molecular formula is C21H17N3O. The van der Waals surface area contributed by atoms with Gasteiger partial charge in [0.2, 0.25) is 5.95 Å². The van der Waals surface area contributed by atoms with Gasteiger partial charge in [0.15, 0.2) is 0 Å². The molecule has 2 N–H and O–H groups in total. The fraction of sp³-hybridized carbons (Fsp3) is 0.0476. The number of nitrogens with zero attached hydrogens (tertiary/aromatic N) is 1. The number of amides is 1. The van der Waals surface area contributed by atoms with E-state index in [9.17, 15) is 4.79 Å². The van der Waals surface area contributed by atoms with Crippen LogP contribution in [-0.4, -0.2) is 15.9 Å². The van der Waals surface area contributed by atoms with Gasteiger partial charge in [0.1, 0.15) is 0 Å². The van der Waals surface area contributed by atoms with Gasteiger partial charge in [-0.1, -0.05) is 60.7 Å². The molecule has 0 aliphatic rings. The number of anilines is 1. The first-order valence-electron chi connectivity index (χ1n) is 8.17. The van der Waals surface area contributed by atoms with Crippen LogP contribution in [0.15, 0.2) is 78.9 Å². The Hall–Kier alpha value is -3.40. The molecule has 1 aromatic heterocycles. The molecule has 1 amide bonds. The molecule has 0 saturated heterocycles. The molecular weight excluding hydrogens is 310 g/mol. The molecule has 0 aliphatic heterocycles. The van der Waals surface area contributed by atoms with E-state index in [0.717, 1.165) is 16.6 Å². The Bertz CT molecular complexity index is 988. The van der Waals surface area contributed by atoms with Gasteiger partial charge in [-0.05, 0) is 35.7 Å². The summed E-state index contributed by atoms with van der Waals surface area (Å²) in [7, 11) is 0. The van der Waals surface area contributed by atoms with Gasteiger partial charge in [0.25, 0.3) is 5.91 Å². The second-order valence-corrected chi connectivity index (χ2v) is 5.88. The molecule has 0 bridgehead atoms. The van der Waals surface area contributed by atoms with Crippen molar-refractivity contribution in [3.05, 3.63) is 95.6 Å².